The molecule has 0 saturated carbocycles. The fourth-order valence-electron chi connectivity index (χ4n) is 1.24. The van der Waals surface area contributed by atoms with Crippen molar-refractivity contribution in [2.75, 3.05) is 14.2 Å². The summed E-state index contributed by atoms with van der Waals surface area (Å²) in [6.45, 7) is 3.85. The Balaban J connectivity index is 2.93. The Bertz CT molecular complexity index is 427. The molecule has 17 heavy (non-hydrogen) atoms. The second-order valence-electron chi connectivity index (χ2n) is 4.03. The lowest BCUT2D eigenvalue weighted by Gasteiger charge is -2.07. The second-order valence-corrected chi connectivity index (χ2v) is 4.03. The molecule has 92 valence electrons. The largest absolute Gasteiger partial charge is 0.493 e. The number of hydrogen-bond donors (Lipinski definition) is 1. The van der Waals surface area contributed by atoms with Gasteiger partial charge in [-0.25, -0.2) is 0 Å². The van der Waals surface area contributed by atoms with Gasteiger partial charge in [0.2, 0.25) is 0 Å². The summed E-state index contributed by atoms with van der Waals surface area (Å²) in [7, 11) is 3.17. The molecule has 0 aliphatic heterocycles. The van der Waals surface area contributed by atoms with Crippen LogP contribution in [0, 0.1) is 17.8 Å². The molecule has 0 heterocycles. The first-order chi connectivity index (χ1) is 8.08. The molecule has 0 aliphatic rings. The molecule has 0 radical (unpaired) electrons. The van der Waals surface area contributed by atoms with Gasteiger partial charge in [-0.3, -0.25) is 0 Å². The maximum atomic E-state index is 9.59. The Kier molecular flexibility index (Phi) is 4.86. The molecule has 0 fully saturated rings. The maximum absolute atomic E-state index is 9.59. The van der Waals surface area contributed by atoms with Gasteiger partial charge >= 0.3 is 0 Å². The van der Waals surface area contributed by atoms with Gasteiger partial charge in [0, 0.05) is 5.56 Å². The maximum Gasteiger partial charge on any atom is 0.161 e. The highest BCUT2D eigenvalue weighted by molar-refractivity contribution is 5.48. The average molecular weight is 234 g/mol. The van der Waals surface area contributed by atoms with Crippen LogP contribution in [0.2, 0.25) is 0 Å². The molecule has 1 aromatic rings. The van der Waals surface area contributed by atoms with Crippen LogP contribution in [-0.2, 0) is 0 Å². The predicted molar refractivity (Wildman–Crippen MR) is 67.3 cm³/mol. The zero-order valence-corrected chi connectivity index (χ0v) is 10.7. The number of ether oxygens (including phenoxy) is 2. The number of rotatable bonds is 3. The minimum Gasteiger partial charge on any atom is -0.493 e. The summed E-state index contributed by atoms with van der Waals surface area (Å²) in [5.41, 5.74) is 0.794. The van der Waals surface area contributed by atoms with Crippen LogP contribution in [0.25, 0.3) is 0 Å². The van der Waals surface area contributed by atoms with Crippen LogP contribution in [0.5, 0.6) is 11.5 Å². The van der Waals surface area contributed by atoms with Gasteiger partial charge in [-0.2, -0.15) is 0 Å². The monoisotopic (exact) mass is 234 g/mol. The topological polar surface area (TPSA) is 38.7 Å². The van der Waals surface area contributed by atoms with E-state index in [1.807, 2.05) is 19.9 Å². The van der Waals surface area contributed by atoms with Crippen molar-refractivity contribution in [3.05, 3.63) is 23.8 Å². The minimum absolute atomic E-state index is 0.127. The molecule has 1 unspecified atom stereocenters. The molecular formula is C14H18O3. The van der Waals surface area contributed by atoms with E-state index in [0.717, 1.165) is 5.56 Å². The van der Waals surface area contributed by atoms with E-state index in [0.29, 0.717) is 11.5 Å². The molecule has 3 nitrogen and oxygen atoms in total. The molecule has 1 N–H and O–H groups in total. The number of benzene rings is 1. The van der Waals surface area contributed by atoms with Crippen LogP contribution >= 0.6 is 0 Å². The summed E-state index contributed by atoms with van der Waals surface area (Å²) in [6, 6.07) is 5.42. The van der Waals surface area contributed by atoms with Crippen LogP contribution in [0.1, 0.15) is 19.4 Å². The highest BCUT2D eigenvalue weighted by Gasteiger charge is 2.05. The lowest BCUT2D eigenvalue weighted by atomic mass is 10.1. The molecule has 1 aromatic carbocycles. The lowest BCUT2D eigenvalue weighted by molar-refractivity contribution is 0.181. The quantitative estimate of drug-likeness (QED) is 0.814. The summed E-state index contributed by atoms with van der Waals surface area (Å²) < 4.78 is 10.3. The first-order valence-corrected chi connectivity index (χ1v) is 5.50. The standard InChI is InChI=1S/C14H18O3/c1-10(2)12(15)7-5-11-6-8-13(16-3)14(9-11)17-4/h6,8-10,12,15H,1-4H3. The highest BCUT2D eigenvalue weighted by Crippen LogP contribution is 2.27. The number of hydrogen-bond acceptors (Lipinski definition) is 3. The van der Waals surface area contributed by atoms with Gasteiger partial charge < -0.3 is 14.6 Å². The fraction of sp³-hybridized carbons (Fsp3) is 0.429. The summed E-state index contributed by atoms with van der Waals surface area (Å²) in [4.78, 5) is 0. The predicted octanol–water partition coefficient (Wildman–Crippen LogP) is 2.07. The Morgan fingerprint density at radius 3 is 2.29 bits per heavy atom. The van der Waals surface area contributed by atoms with E-state index in [1.54, 1.807) is 26.4 Å². The van der Waals surface area contributed by atoms with Gasteiger partial charge in [0.05, 0.1) is 14.2 Å². The molecule has 0 aromatic heterocycles. The molecule has 0 aliphatic carbocycles. The van der Waals surface area contributed by atoms with Crippen molar-refractivity contribution in [2.24, 2.45) is 5.92 Å². The fourth-order valence-corrected chi connectivity index (χ4v) is 1.24. The van der Waals surface area contributed by atoms with Crippen molar-refractivity contribution >= 4 is 0 Å². The summed E-state index contributed by atoms with van der Waals surface area (Å²) in [6.07, 6.45) is -0.608. The van der Waals surface area contributed by atoms with Crippen LogP contribution < -0.4 is 9.47 Å². The van der Waals surface area contributed by atoms with Gasteiger partial charge in [0.15, 0.2) is 11.5 Å². The first kappa shape index (κ1) is 13.4. The van der Waals surface area contributed by atoms with E-state index in [2.05, 4.69) is 11.8 Å². The van der Waals surface area contributed by atoms with Gasteiger partial charge in [-0.1, -0.05) is 25.7 Å². The van der Waals surface area contributed by atoms with Crippen LogP contribution in [-0.4, -0.2) is 25.4 Å². The molecule has 1 rings (SSSR count). The average Bonchev–Trinajstić information content (AvgIpc) is 2.35. The third kappa shape index (κ3) is 3.69. The zero-order chi connectivity index (χ0) is 12.8. The molecule has 0 amide bonds. The summed E-state index contributed by atoms with van der Waals surface area (Å²) in [5.74, 6) is 7.15. The molecular weight excluding hydrogens is 216 g/mol. The molecule has 0 bridgehead atoms. The van der Waals surface area contributed by atoms with Crippen molar-refractivity contribution in [2.45, 2.75) is 20.0 Å². The lowest BCUT2D eigenvalue weighted by Crippen LogP contribution is -2.11. The molecule has 1 atom stereocenters. The minimum atomic E-state index is -0.608. The Labute approximate surface area is 102 Å². The summed E-state index contributed by atoms with van der Waals surface area (Å²) >= 11 is 0. The number of aliphatic hydroxyl groups is 1. The molecule has 0 spiro atoms. The number of aliphatic hydroxyl groups excluding tert-OH is 1. The van der Waals surface area contributed by atoms with E-state index in [4.69, 9.17) is 9.47 Å². The van der Waals surface area contributed by atoms with Crippen molar-refractivity contribution in [3.63, 3.8) is 0 Å². The normalized spacial score (nSPS) is 11.6. The third-order valence-corrected chi connectivity index (χ3v) is 2.38. The Morgan fingerprint density at radius 2 is 1.76 bits per heavy atom. The molecule has 0 saturated heterocycles. The van der Waals surface area contributed by atoms with Crippen LogP contribution in [0.15, 0.2) is 18.2 Å². The van der Waals surface area contributed by atoms with Crippen molar-refractivity contribution in [1.29, 1.82) is 0 Å². The van der Waals surface area contributed by atoms with E-state index < -0.39 is 6.10 Å². The van der Waals surface area contributed by atoms with Gasteiger partial charge in [0.25, 0.3) is 0 Å². The first-order valence-electron chi connectivity index (χ1n) is 5.50. The van der Waals surface area contributed by atoms with Crippen molar-refractivity contribution < 1.29 is 14.6 Å². The van der Waals surface area contributed by atoms with Gasteiger partial charge in [-0.05, 0) is 24.1 Å². The SMILES string of the molecule is COc1ccc(C#CC(O)C(C)C)cc1OC. The van der Waals surface area contributed by atoms with E-state index >= 15 is 0 Å². The molecule has 3 heteroatoms. The van der Waals surface area contributed by atoms with Crippen molar-refractivity contribution in [3.8, 4) is 23.3 Å². The van der Waals surface area contributed by atoms with E-state index in [-0.39, 0.29) is 5.92 Å². The third-order valence-electron chi connectivity index (χ3n) is 2.38. The van der Waals surface area contributed by atoms with E-state index in [9.17, 15) is 5.11 Å². The van der Waals surface area contributed by atoms with Crippen LogP contribution in [0.4, 0.5) is 0 Å². The smallest absolute Gasteiger partial charge is 0.161 e. The highest BCUT2D eigenvalue weighted by atomic mass is 16.5. The van der Waals surface area contributed by atoms with Crippen LogP contribution in [0.3, 0.4) is 0 Å². The Hall–Kier alpha value is -1.66. The zero-order valence-electron chi connectivity index (χ0n) is 10.7. The van der Waals surface area contributed by atoms with E-state index in [1.165, 1.54) is 0 Å². The second kappa shape index (κ2) is 6.17. The van der Waals surface area contributed by atoms with Gasteiger partial charge in [-0.15, -0.1) is 0 Å². The Morgan fingerprint density at radius 1 is 1.12 bits per heavy atom. The van der Waals surface area contributed by atoms with Gasteiger partial charge in [0.1, 0.15) is 6.10 Å². The van der Waals surface area contributed by atoms with Crippen molar-refractivity contribution in [1.82, 2.24) is 0 Å². The summed E-state index contributed by atoms with van der Waals surface area (Å²) in [5, 5.41) is 9.59. The number of methoxy groups -OCH3 is 2.